The van der Waals surface area contributed by atoms with Crippen LogP contribution in [0.5, 0.6) is 0 Å². The maximum atomic E-state index is 5.70. The molecule has 0 atom stereocenters. The van der Waals surface area contributed by atoms with E-state index in [2.05, 4.69) is 16.2 Å². The molecular weight excluding hydrogens is 196 g/mol. The van der Waals surface area contributed by atoms with E-state index >= 15 is 0 Å². The summed E-state index contributed by atoms with van der Waals surface area (Å²) in [4.78, 5) is 4.11. The zero-order valence-corrected chi connectivity index (χ0v) is 8.72. The molecule has 0 saturated carbocycles. The normalized spacial score (nSPS) is 9.43. The van der Waals surface area contributed by atoms with Crippen molar-refractivity contribution in [2.45, 2.75) is 19.3 Å². The Morgan fingerprint density at radius 2 is 2.29 bits per heavy atom. The molecule has 1 rings (SSSR count). The number of terminal acetylenes is 1. The van der Waals surface area contributed by atoms with E-state index in [1.165, 1.54) is 0 Å². The molecule has 14 heavy (non-hydrogen) atoms. The summed E-state index contributed by atoms with van der Waals surface area (Å²) in [6.07, 6.45) is 9.73. The number of hydrogen-bond acceptors (Lipinski definition) is 2. The standard InChI is InChI=1S/C11H13ClN2/c1-2-3-4-5-8-13-11-7-6-10(12)9-14-11/h1,6-7,9H,3-5,8H2,(H,13,14). The van der Waals surface area contributed by atoms with Crippen LogP contribution in [0.25, 0.3) is 0 Å². The average Bonchev–Trinajstić information content (AvgIpc) is 2.21. The van der Waals surface area contributed by atoms with Crippen molar-refractivity contribution < 1.29 is 0 Å². The van der Waals surface area contributed by atoms with Crippen molar-refractivity contribution >= 4 is 17.4 Å². The van der Waals surface area contributed by atoms with Crippen molar-refractivity contribution in [3.8, 4) is 12.3 Å². The smallest absolute Gasteiger partial charge is 0.125 e. The lowest BCUT2D eigenvalue weighted by atomic mass is 10.2. The second-order valence-corrected chi connectivity index (χ2v) is 3.39. The molecule has 1 aromatic heterocycles. The van der Waals surface area contributed by atoms with Crippen LogP contribution in [0.1, 0.15) is 19.3 Å². The summed E-state index contributed by atoms with van der Waals surface area (Å²) in [5, 5.41) is 3.85. The molecule has 1 N–H and O–H groups in total. The number of nitrogens with one attached hydrogen (secondary N) is 1. The largest absolute Gasteiger partial charge is 0.370 e. The Morgan fingerprint density at radius 3 is 2.93 bits per heavy atom. The monoisotopic (exact) mass is 208 g/mol. The molecule has 1 heterocycles. The van der Waals surface area contributed by atoms with Crippen LogP contribution in [0.2, 0.25) is 5.02 Å². The number of rotatable bonds is 5. The summed E-state index contributed by atoms with van der Waals surface area (Å²) >= 11 is 5.70. The van der Waals surface area contributed by atoms with Gasteiger partial charge in [-0.05, 0) is 25.0 Å². The lowest BCUT2D eigenvalue weighted by Crippen LogP contribution is -2.02. The first kappa shape index (κ1) is 10.9. The van der Waals surface area contributed by atoms with Crippen molar-refractivity contribution in [1.29, 1.82) is 0 Å². The van der Waals surface area contributed by atoms with Gasteiger partial charge in [0, 0.05) is 19.2 Å². The molecule has 3 heteroatoms. The van der Waals surface area contributed by atoms with E-state index in [0.717, 1.165) is 31.6 Å². The molecule has 0 aliphatic carbocycles. The van der Waals surface area contributed by atoms with Gasteiger partial charge < -0.3 is 5.32 Å². The fourth-order valence-electron chi connectivity index (χ4n) is 1.05. The number of unbranched alkanes of at least 4 members (excludes halogenated alkanes) is 2. The van der Waals surface area contributed by atoms with E-state index in [9.17, 15) is 0 Å². The van der Waals surface area contributed by atoms with Crippen molar-refractivity contribution in [3.63, 3.8) is 0 Å². The molecule has 0 bridgehead atoms. The molecule has 1 aromatic rings. The van der Waals surface area contributed by atoms with Gasteiger partial charge in [-0.2, -0.15) is 0 Å². The van der Waals surface area contributed by atoms with Gasteiger partial charge in [-0.1, -0.05) is 11.6 Å². The van der Waals surface area contributed by atoms with Gasteiger partial charge in [0.1, 0.15) is 5.82 Å². The Labute approximate surface area is 89.7 Å². The second-order valence-electron chi connectivity index (χ2n) is 2.95. The van der Waals surface area contributed by atoms with E-state index in [-0.39, 0.29) is 0 Å². The number of hydrogen-bond donors (Lipinski definition) is 1. The van der Waals surface area contributed by atoms with E-state index < -0.39 is 0 Å². The number of nitrogens with zero attached hydrogens (tertiary/aromatic N) is 1. The minimum Gasteiger partial charge on any atom is -0.370 e. The fraction of sp³-hybridized carbons (Fsp3) is 0.364. The fourth-order valence-corrected chi connectivity index (χ4v) is 1.16. The zero-order chi connectivity index (χ0) is 10.2. The third-order valence-corrected chi connectivity index (χ3v) is 2.00. The van der Waals surface area contributed by atoms with E-state index in [4.69, 9.17) is 18.0 Å². The minimum atomic E-state index is 0.655. The molecule has 0 aliphatic rings. The quantitative estimate of drug-likeness (QED) is 0.595. The molecule has 0 unspecified atom stereocenters. The summed E-state index contributed by atoms with van der Waals surface area (Å²) in [5.41, 5.74) is 0. The highest BCUT2D eigenvalue weighted by Gasteiger charge is 1.92. The van der Waals surface area contributed by atoms with Crippen molar-refractivity contribution in [2.75, 3.05) is 11.9 Å². The third kappa shape index (κ3) is 4.15. The van der Waals surface area contributed by atoms with Gasteiger partial charge in [-0.25, -0.2) is 4.98 Å². The molecule has 0 amide bonds. The molecule has 0 aliphatic heterocycles. The maximum absolute atomic E-state index is 5.70. The Balaban J connectivity index is 2.19. The van der Waals surface area contributed by atoms with Crippen LogP contribution in [-0.4, -0.2) is 11.5 Å². The third-order valence-electron chi connectivity index (χ3n) is 1.78. The molecule has 0 fully saturated rings. The van der Waals surface area contributed by atoms with Gasteiger partial charge in [0.25, 0.3) is 0 Å². The lowest BCUT2D eigenvalue weighted by Gasteiger charge is -2.03. The number of pyridine rings is 1. The van der Waals surface area contributed by atoms with Crippen LogP contribution < -0.4 is 5.32 Å². The van der Waals surface area contributed by atoms with Crippen LogP contribution in [-0.2, 0) is 0 Å². The Hall–Kier alpha value is -1.20. The number of anilines is 1. The average molecular weight is 209 g/mol. The van der Waals surface area contributed by atoms with Crippen LogP contribution in [0, 0.1) is 12.3 Å². The van der Waals surface area contributed by atoms with Gasteiger partial charge in [-0.15, -0.1) is 12.3 Å². The molecule has 0 saturated heterocycles. The van der Waals surface area contributed by atoms with Crippen molar-refractivity contribution in [2.24, 2.45) is 0 Å². The molecular formula is C11H13ClN2. The topological polar surface area (TPSA) is 24.9 Å². The van der Waals surface area contributed by atoms with Gasteiger partial charge in [0.05, 0.1) is 5.02 Å². The Kier molecular flexibility index (Phi) is 4.88. The SMILES string of the molecule is C#CCCCCNc1ccc(Cl)cn1. The van der Waals surface area contributed by atoms with E-state index in [0.29, 0.717) is 5.02 Å². The number of halogens is 1. The van der Waals surface area contributed by atoms with E-state index in [1.54, 1.807) is 6.20 Å². The first-order chi connectivity index (χ1) is 6.83. The maximum Gasteiger partial charge on any atom is 0.125 e. The first-order valence-electron chi connectivity index (χ1n) is 4.62. The number of aromatic nitrogens is 1. The minimum absolute atomic E-state index is 0.655. The molecule has 0 spiro atoms. The van der Waals surface area contributed by atoms with Gasteiger partial charge in [0.2, 0.25) is 0 Å². The van der Waals surface area contributed by atoms with Crippen LogP contribution >= 0.6 is 11.6 Å². The summed E-state index contributed by atoms with van der Waals surface area (Å²) in [5.74, 6) is 3.47. The van der Waals surface area contributed by atoms with Gasteiger partial charge in [0.15, 0.2) is 0 Å². The van der Waals surface area contributed by atoms with E-state index in [1.807, 2.05) is 12.1 Å². The second kappa shape index (κ2) is 6.28. The van der Waals surface area contributed by atoms with Crippen LogP contribution in [0.4, 0.5) is 5.82 Å². The summed E-state index contributed by atoms with van der Waals surface area (Å²) in [7, 11) is 0. The van der Waals surface area contributed by atoms with Gasteiger partial charge >= 0.3 is 0 Å². The first-order valence-corrected chi connectivity index (χ1v) is 4.99. The Morgan fingerprint density at radius 1 is 1.43 bits per heavy atom. The van der Waals surface area contributed by atoms with Crippen molar-refractivity contribution in [1.82, 2.24) is 4.98 Å². The zero-order valence-electron chi connectivity index (χ0n) is 7.96. The van der Waals surface area contributed by atoms with Crippen LogP contribution in [0.15, 0.2) is 18.3 Å². The highest BCUT2D eigenvalue weighted by molar-refractivity contribution is 6.30. The summed E-state index contributed by atoms with van der Waals surface area (Å²) < 4.78 is 0. The van der Waals surface area contributed by atoms with Crippen molar-refractivity contribution in [3.05, 3.63) is 23.4 Å². The molecule has 0 aromatic carbocycles. The predicted molar refractivity (Wildman–Crippen MR) is 60.4 cm³/mol. The highest BCUT2D eigenvalue weighted by atomic mass is 35.5. The molecule has 2 nitrogen and oxygen atoms in total. The molecule has 74 valence electrons. The van der Waals surface area contributed by atoms with Crippen LogP contribution in [0.3, 0.4) is 0 Å². The summed E-state index contributed by atoms with van der Waals surface area (Å²) in [6, 6.07) is 3.68. The highest BCUT2D eigenvalue weighted by Crippen LogP contribution is 2.09. The Bertz CT molecular complexity index is 300. The summed E-state index contributed by atoms with van der Waals surface area (Å²) in [6.45, 7) is 0.899. The lowest BCUT2D eigenvalue weighted by molar-refractivity contribution is 0.787. The molecule has 0 radical (unpaired) electrons. The van der Waals surface area contributed by atoms with Gasteiger partial charge in [-0.3, -0.25) is 0 Å². The predicted octanol–water partition coefficient (Wildman–Crippen LogP) is 2.95.